The molecule has 1 heterocycles. The molecule has 106 valence electrons. The molecule has 0 amide bonds. The maximum absolute atomic E-state index is 3.61. The molecule has 0 bridgehead atoms. The first kappa shape index (κ1) is 14.8. The molecule has 1 fully saturated rings. The van der Waals surface area contributed by atoms with Gasteiger partial charge in [-0.1, -0.05) is 22.0 Å². The molecule has 0 aromatic heterocycles. The Bertz CT molecular complexity index is 422. The molecule has 1 aromatic rings. The minimum Gasteiger partial charge on any atom is -0.367 e. The number of nitrogens with one attached hydrogen (secondary N) is 1. The Labute approximate surface area is 125 Å². The summed E-state index contributed by atoms with van der Waals surface area (Å²) in [5.41, 5.74) is 2.74. The maximum Gasteiger partial charge on any atom is 0.0426 e. The average Bonchev–Trinajstić information content (AvgIpc) is 2.52. The van der Waals surface area contributed by atoms with E-state index in [1.807, 2.05) is 7.05 Å². The Balaban J connectivity index is 2.30. The predicted octanol–water partition coefficient (Wildman–Crippen LogP) is 2.70. The van der Waals surface area contributed by atoms with Crippen LogP contribution in [-0.2, 0) is 6.54 Å². The Morgan fingerprint density at radius 3 is 2.89 bits per heavy atom. The number of rotatable bonds is 3. The van der Waals surface area contributed by atoms with Gasteiger partial charge in [-0.05, 0) is 51.7 Å². The molecule has 1 aromatic carbocycles. The van der Waals surface area contributed by atoms with Gasteiger partial charge in [0.2, 0.25) is 0 Å². The number of anilines is 1. The van der Waals surface area contributed by atoms with Crippen molar-refractivity contribution in [2.24, 2.45) is 0 Å². The highest BCUT2D eigenvalue weighted by Gasteiger charge is 2.21. The van der Waals surface area contributed by atoms with Crippen LogP contribution in [0.25, 0.3) is 0 Å². The van der Waals surface area contributed by atoms with Crippen molar-refractivity contribution in [2.45, 2.75) is 25.9 Å². The maximum atomic E-state index is 3.61. The molecule has 19 heavy (non-hydrogen) atoms. The highest BCUT2D eigenvalue weighted by Crippen LogP contribution is 2.28. The summed E-state index contributed by atoms with van der Waals surface area (Å²) in [6.45, 7) is 6.70. The topological polar surface area (TPSA) is 18.5 Å². The summed E-state index contributed by atoms with van der Waals surface area (Å²) in [6.07, 6.45) is 1.23. The number of halogens is 1. The van der Waals surface area contributed by atoms with E-state index in [4.69, 9.17) is 0 Å². The van der Waals surface area contributed by atoms with E-state index in [1.165, 1.54) is 24.2 Å². The van der Waals surface area contributed by atoms with Gasteiger partial charge in [0.05, 0.1) is 0 Å². The predicted molar refractivity (Wildman–Crippen MR) is 85.8 cm³/mol. The zero-order valence-corrected chi connectivity index (χ0v) is 13.7. The smallest absolute Gasteiger partial charge is 0.0426 e. The molecule has 1 saturated heterocycles. The summed E-state index contributed by atoms with van der Waals surface area (Å²) >= 11 is 3.61. The van der Waals surface area contributed by atoms with Crippen LogP contribution in [0.1, 0.15) is 18.9 Å². The van der Waals surface area contributed by atoms with Gasteiger partial charge in [-0.3, -0.25) is 0 Å². The third-order valence-electron chi connectivity index (χ3n) is 3.77. The van der Waals surface area contributed by atoms with Crippen molar-refractivity contribution in [2.75, 3.05) is 38.6 Å². The van der Waals surface area contributed by atoms with E-state index in [0.717, 1.165) is 24.1 Å². The zero-order valence-electron chi connectivity index (χ0n) is 12.1. The van der Waals surface area contributed by atoms with Gasteiger partial charge in [0.15, 0.2) is 0 Å². The average molecular weight is 326 g/mol. The molecule has 1 aliphatic rings. The molecule has 0 spiro atoms. The number of benzene rings is 1. The van der Waals surface area contributed by atoms with E-state index in [2.05, 4.69) is 63.2 Å². The van der Waals surface area contributed by atoms with Crippen molar-refractivity contribution in [3.8, 4) is 0 Å². The second kappa shape index (κ2) is 6.73. The largest absolute Gasteiger partial charge is 0.367 e. The molecule has 3 nitrogen and oxygen atoms in total. The van der Waals surface area contributed by atoms with Crippen molar-refractivity contribution in [3.63, 3.8) is 0 Å². The Morgan fingerprint density at radius 1 is 1.37 bits per heavy atom. The molecular formula is C15H24BrN3. The lowest BCUT2D eigenvalue weighted by atomic mass is 10.1. The van der Waals surface area contributed by atoms with Gasteiger partial charge < -0.3 is 15.1 Å². The van der Waals surface area contributed by atoms with E-state index >= 15 is 0 Å². The van der Waals surface area contributed by atoms with Crippen LogP contribution in [0.4, 0.5) is 5.69 Å². The van der Waals surface area contributed by atoms with E-state index in [-0.39, 0.29) is 0 Å². The van der Waals surface area contributed by atoms with Crippen LogP contribution in [0.3, 0.4) is 0 Å². The Morgan fingerprint density at radius 2 is 2.16 bits per heavy atom. The minimum atomic E-state index is 0.553. The lowest BCUT2D eigenvalue weighted by Crippen LogP contribution is -2.38. The van der Waals surface area contributed by atoms with Crippen LogP contribution in [-0.4, -0.2) is 44.7 Å². The molecule has 0 radical (unpaired) electrons. The lowest BCUT2D eigenvalue weighted by Gasteiger charge is -2.32. The van der Waals surface area contributed by atoms with Gasteiger partial charge in [-0.25, -0.2) is 0 Å². The SMILES string of the molecule is CNCc1ccc(Br)cc1N1CCCN(C)CC1C. The van der Waals surface area contributed by atoms with E-state index in [9.17, 15) is 0 Å². The summed E-state index contributed by atoms with van der Waals surface area (Å²) in [5, 5.41) is 3.27. The van der Waals surface area contributed by atoms with Crippen molar-refractivity contribution < 1.29 is 0 Å². The summed E-state index contributed by atoms with van der Waals surface area (Å²) in [4.78, 5) is 4.99. The third-order valence-corrected chi connectivity index (χ3v) is 4.26. The molecule has 1 atom stereocenters. The van der Waals surface area contributed by atoms with Crippen LogP contribution < -0.4 is 10.2 Å². The highest BCUT2D eigenvalue weighted by molar-refractivity contribution is 9.10. The first-order valence-corrected chi connectivity index (χ1v) is 7.79. The molecule has 1 aliphatic heterocycles. The fourth-order valence-corrected chi connectivity index (χ4v) is 3.22. The van der Waals surface area contributed by atoms with Gasteiger partial charge in [0.25, 0.3) is 0 Å². The van der Waals surface area contributed by atoms with Crippen LogP contribution >= 0.6 is 15.9 Å². The second-order valence-electron chi connectivity index (χ2n) is 5.46. The number of hydrogen-bond acceptors (Lipinski definition) is 3. The number of nitrogens with zero attached hydrogens (tertiary/aromatic N) is 2. The van der Waals surface area contributed by atoms with Crippen LogP contribution in [0.2, 0.25) is 0 Å². The molecule has 1 N–H and O–H groups in total. The molecule has 1 unspecified atom stereocenters. The first-order chi connectivity index (χ1) is 9.11. The monoisotopic (exact) mass is 325 g/mol. The quantitative estimate of drug-likeness (QED) is 0.921. The summed E-state index contributed by atoms with van der Waals surface area (Å²) in [7, 11) is 4.22. The fourth-order valence-electron chi connectivity index (χ4n) is 2.87. The standard InChI is InChI=1S/C15H24BrN3/c1-12-11-18(3)7-4-8-19(12)15-9-14(16)6-5-13(15)10-17-2/h5-6,9,12,17H,4,7-8,10-11H2,1-3H3. The van der Waals surface area contributed by atoms with Crippen LogP contribution in [0, 0.1) is 0 Å². The molecule has 4 heteroatoms. The van der Waals surface area contributed by atoms with Gasteiger partial charge in [-0.2, -0.15) is 0 Å². The van der Waals surface area contributed by atoms with Crippen molar-refractivity contribution in [1.82, 2.24) is 10.2 Å². The lowest BCUT2D eigenvalue weighted by molar-refractivity contribution is 0.337. The molecule has 0 aliphatic carbocycles. The van der Waals surface area contributed by atoms with E-state index in [0.29, 0.717) is 6.04 Å². The van der Waals surface area contributed by atoms with Gasteiger partial charge >= 0.3 is 0 Å². The normalized spacial score (nSPS) is 21.5. The third kappa shape index (κ3) is 3.71. The van der Waals surface area contributed by atoms with Crippen LogP contribution in [0.5, 0.6) is 0 Å². The summed E-state index contributed by atoms with van der Waals surface area (Å²) in [6, 6.07) is 7.16. The molecule has 2 rings (SSSR count). The van der Waals surface area contributed by atoms with Gasteiger partial charge in [0, 0.05) is 35.8 Å². The number of likely N-dealkylation sites (N-methyl/N-ethyl adjacent to an activating group) is 1. The van der Waals surface area contributed by atoms with Crippen LogP contribution in [0.15, 0.2) is 22.7 Å². The fraction of sp³-hybridized carbons (Fsp3) is 0.600. The van der Waals surface area contributed by atoms with E-state index < -0.39 is 0 Å². The van der Waals surface area contributed by atoms with Gasteiger partial charge in [0.1, 0.15) is 0 Å². The van der Waals surface area contributed by atoms with E-state index in [1.54, 1.807) is 0 Å². The summed E-state index contributed by atoms with van der Waals surface area (Å²) in [5.74, 6) is 0. The number of hydrogen-bond donors (Lipinski definition) is 1. The first-order valence-electron chi connectivity index (χ1n) is 7.00. The summed E-state index contributed by atoms with van der Waals surface area (Å²) < 4.78 is 1.16. The zero-order chi connectivity index (χ0) is 13.8. The van der Waals surface area contributed by atoms with Crippen molar-refractivity contribution in [3.05, 3.63) is 28.2 Å². The highest BCUT2D eigenvalue weighted by atomic mass is 79.9. The Kier molecular flexibility index (Phi) is 5.25. The second-order valence-corrected chi connectivity index (χ2v) is 6.38. The minimum absolute atomic E-state index is 0.553. The molecule has 0 saturated carbocycles. The van der Waals surface area contributed by atoms with Gasteiger partial charge in [-0.15, -0.1) is 0 Å². The molecular weight excluding hydrogens is 302 g/mol. The van der Waals surface area contributed by atoms with Crippen molar-refractivity contribution >= 4 is 21.6 Å². The van der Waals surface area contributed by atoms with Crippen molar-refractivity contribution in [1.29, 1.82) is 0 Å². The Hall–Kier alpha value is -0.580.